The van der Waals surface area contributed by atoms with Crippen LogP contribution >= 0.6 is 11.3 Å². The number of thiazole rings is 1. The zero-order valence-electron chi connectivity index (χ0n) is 13.0. The van der Waals surface area contributed by atoms with Gasteiger partial charge in [-0.15, -0.1) is 11.3 Å². The van der Waals surface area contributed by atoms with Crippen LogP contribution in [0.4, 0.5) is 0 Å². The highest BCUT2D eigenvalue weighted by atomic mass is 32.1. The minimum atomic E-state index is 0.455. The van der Waals surface area contributed by atoms with Gasteiger partial charge in [0.15, 0.2) is 11.5 Å². The summed E-state index contributed by atoms with van der Waals surface area (Å²) in [7, 11) is 1.66. The molecule has 21 heavy (non-hydrogen) atoms. The molecule has 0 atom stereocenters. The molecule has 0 aliphatic heterocycles. The van der Waals surface area contributed by atoms with Gasteiger partial charge in [0, 0.05) is 18.8 Å². The number of ether oxygens (including phenoxy) is 2. The molecule has 0 saturated carbocycles. The molecule has 2 rings (SSSR count). The molecule has 1 heterocycles. The van der Waals surface area contributed by atoms with Gasteiger partial charge >= 0.3 is 0 Å². The van der Waals surface area contributed by atoms with E-state index in [-0.39, 0.29) is 0 Å². The van der Waals surface area contributed by atoms with Crippen LogP contribution in [0.5, 0.6) is 11.5 Å². The predicted octanol–water partition coefficient (Wildman–Crippen LogP) is 3.54. The third-order valence-corrected chi connectivity index (χ3v) is 3.87. The van der Waals surface area contributed by atoms with E-state index < -0.39 is 0 Å². The van der Waals surface area contributed by atoms with Crippen LogP contribution in [-0.2, 0) is 13.2 Å². The highest BCUT2D eigenvalue weighted by molar-refractivity contribution is 7.11. The first-order valence-electron chi connectivity index (χ1n) is 7.03. The Morgan fingerprint density at radius 2 is 2.10 bits per heavy atom. The number of benzene rings is 1. The molecule has 0 saturated heterocycles. The fraction of sp³-hybridized carbons (Fsp3) is 0.438. The van der Waals surface area contributed by atoms with Gasteiger partial charge in [-0.1, -0.05) is 19.9 Å². The summed E-state index contributed by atoms with van der Waals surface area (Å²) in [6.45, 7) is 7.59. The van der Waals surface area contributed by atoms with E-state index in [4.69, 9.17) is 9.47 Å². The summed E-state index contributed by atoms with van der Waals surface area (Å²) in [5.74, 6) is 1.52. The molecule has 1 N–H and O–H groups in total. The lowest BCUT2D eigenvalue weighted by Gasteiger charge is -2.13. The van der Waals surface area contributed by atoms with Gasteiger partial charge in [0.05, 0.1) is 17.0 Å². The standard InChI is InChI=1S/C16H22N2O2S/c1-11(2)17-8-13-5-6-15(19-4)16(7-13)20-10-14-9-18-12(3)21-14/h5-7,9,11,17H,8,10H2,1-4H3. The second-order valence-corrected chi connectivity index (χ2v) is 6.47. The van der Waals surface area contributed by atoms with Crippen molar-refractivity contribution in [3.05, 3.63) is 39.8 Å². The molecule has 0 amide bonds. The Morgan fingerprint density at radius 3 is 2.71 bits per heavy atom. The largest absolute Gasteiger partial charge is 0.493 e. The molecular formula is C16H22N2O2S. The number of methoxy groups -OCH3 is 1. The quantitative estimate of drug-likeness (QED) is 0.850. The van der Waals surface area contributed by atoms with E-state index in [1.54, 1.807) is 18.4 Å². The lowest BCUT2D eigenvalue weighted by molar-refractivity contribution is 0.286. The molecule has 0 spiro atoms. The minimum absolute atomic E-state index is 0.455. The Labute approximate surface area is 130 Å². The Balaban J connectivity index is 2.06. The minimum Gasteiger partial charge on any atom is -0.493 e. The average molecular weight is 306 g/mol. The summed E-state index contributed by atoms with van der Waals surface area (Å²) in [5, 5.41) is 4.45. The van der Waals surface area contributed by atoms with E-state index >= 15 is 0 Å². The number of aryl methyl sites for hydroxylation is 1. The molecule has 0 aliphatic carbocycles. The van der Waals surface area contributed by atoms with Gasteiger partial charge in [0.1, 0.15) is 6.61 Å². The van der Waals surface area contributed by atoms with E-state index in [0.29, 0.717) is 12.6 Å². The third-order valence-electron chi connectivity index (χ3n) is 2.98. The molecule has 0 radical (unpaired) electrons. The number of aromatic nitrogens is 1. The number of hydrogen-bond donors (Lipinski definition) is 1. The summed E-state index contributed by atoms with van der Waals surface area (Å²) in [6, 6.07) is 6.49. The second-order valence-electron chi connectivity index (χ2n) is 5.16. The summed E-state index contributed by atoms with van der Waals surface area (Å²) in [5.41, 5.74) is 1.18. The van der Waals surface area contributed by atoms with Gasteiger partial charge in [-0.05, 0) is 24.6 Å². The zero-order valence-corrected chi connectivity index (χ0v) is 13.8. The summed E-state index contributed by atoms with van der Waals surface area (Å²) >= 11 is 1.65. The number of rotatable bonds is 7. The monoisotopic (exact) mass is 306 g/mol. The van der Waals surface area contributed by atoms with Crippen molar-refractivity contribution in [3.63, 3.8) is 0 Å². The van der Waals surface area contributed by atoms with Gasteiger partial charge in [-0.2, -0.15) is 0 Å². The summed E-state index contributed by atoms with van der Waals surface area (Å²) in [4.78, 5) is 5.35. The van der Waals surface area contributed by atoms with E-state index in [2.05, 4.69) is 30.2 Å². The molecule has 2 aromatic rings. The molecule has 0 unspecified atom stereocenters. The van der Waals surface area contributed by atoms with Gasteiger partial charge in [0.2, 0.25) is 0 Å². The van der Waals surface area contributed by atoms with Crippen LogP contribution in [0.3, 0.4) is 0 Å². The Kier molecular flexibility index (Phi) is 5.59. The van der Waals surface area contributed by atoms with E-state index in [9.17, 15) is 0 Å². The number of nitrogens with one attached hydrogen (secondary N) is 1. The Bertz CT molecular complexity index is 581. The molecule has 1 aromatic heterocycles. The molecule has 4 nitrogen and oxygen atoms in total. The SMILES string of the molecule is COc1ccc(CNC(C)C)cc1OCc1cnc(C)s1. The zero-order chi connectivity index (χ0) is 15.2. The molecule has 0 fully saturated rings. The average Bonchev–Trinajstić information content (AvgIpc) is 2.88. The maximum atomic E-state index is 5.89. The van der Waals surface area contributed by atoms with Crippen LogP contribution in [-0.4, -0.2) is 18.1 Å². The van der Waals surface area contributed by atoms with Gasteiger partial charge in [0.25, 0.3) is 0 Å². The van der Waals surface area contributed by atoms with E-state index in [1.807, 2.05) is 25.3 Å². The smallest absolute Gasteiger partial charge is 0.162 e. The molecule has 5 heteroatoms. The van der Waals surface area contributed by atoms with E-state index in [1.165, 1.54) is 5.56 Å². The van der Waals surface area contributed by atoms with Crippen molar-refractivity contribution >= 4 is 11.3 Å². The maximum absolute atomic E-state index is 5.89. The molecular weight excluding hydrogens is 284 g/mol. The van der Waals surface area contributed by atoms with Crippen LogP contribution in [0.25, 0.3) is 0 Å². The van der Waals surface area contributed by atoms with Crippen LogP contribution in [0, 0.1) is 6.92 Å². The molecule has 1 aromatic carbocycles. The lowest BCUT2D eigenvalue weighted by atomic mass is 10.2. The van der Waals surface area contributed by atoms with E-state index in [0.717, 1.165) is 27.9 Å². The maximum Gasteiger partial charge on any atom is 0.162 e. The summed E-state index contributed by atoms with van der Waals surface area (Å²) in [6.07, 6.45) is 1.86. The predicted molar refractivity (Wildman–Crippen MR) is 86.2 cm³/mol. The third kappa shape index (κ3) is 4.72. The highest BCUT2D eigenvalue weighted by Crippen LogP contribution is 2.29. The van der Waals surface area contributed by atoms with Crippen LogP contribution in [0.1, 0.15) is 29.3 Å². The van der Waals surface area contributed by atoms with Crippen molar-refractivity contribution in [2.75, 3.05) is 7.11 Å². The first-order valence-corrected chi connectivity index (χ1v) is 7.84. The molecule has 114 valence electrons. The van der Waals surface area contributed by atoms with Crippen molar-refractivity contribution in [1.29, 1.82) is 0 Å². The Hall–Kier alpha value is -1.59. The number of hydrogen-bond acceptors (Lipinski definition) is 5. The topological polar surface area (TPSA) is 43.4 Å². The van der Waals surface area contributed by atoms with Crippen LogP contribution in [0.2, 0.25) is 0 Å². The summed E-state index contributed by atoms with van der Waals surface area (Å²) < 4.78 is 11.3. The first kappa shape index (κ1) is 15.8. The number of nitrogens with zero attached hydrogens (tertiary/aromatic N) is 1. The van der Waals surface area contributed by atoms with Crippen molar-refractivity contribution < 1.29 is 9.47 Å². The Morgan fingerprint density at radius 1 is 1.29 bits per heavy atom. The van der Waals surface area contributed by atoms with Crippen molar-refractivity contribution in [3.8, 4) is 11.5 Å². The first-order chi connectivity index (χ1) is 10.1. The highest BCUT2D eigenvalue weighted by Gasteiger charge is 2.08. The molecule has 0 aliphatic rings. The van der Waals surface area contributed by atoms with Crippen molar-refractivity contribution in [2.45, 2.75) is 40.0 Å². The van der Waals surface area contributed by atoms with Crippen LogP contribution < -0.4 is 14.8 Å². The van der Waals surface area contributed by atoms with Crippen molar-refractivity contribution in [1.82, 2.24) is 10.3 Å². The lowest BCUT2D eigenvalue weighted by Crippen LogP contribution is -2.21. The second kappa shape index (κ2) is 7.43. The van der Waals surface area contributed by atoms with Gasteiger partial charge < -0.3 is 14.8 Å². The van der Waals surface area contributed by atoms with Crippen molar-refractivity contribution in [2.24, 2.45) is 0 Å². The normalized spacial score (nSPS) is 10.9. The van der Waals surface area contributed by atoms with Crippen LogP contribution in [0.15, 0.2) is 24.4 Å². The fourth-order valence-corrected chi connectivity index (χ4v) is 2.59. The fourth-order valence-electron chi connectivity index (χ4n) is 1.89. The molecule has 0 bridgehead atoms. The van der Waals surface area contributed by atoms with Gasteiger partial charge in [-0.3, -0.25) is 0 Å². The van der Waals surface area contributed by atoms with Gasteiger partial charge in [-0.25, -0.2) is 4.98 Å².